The minimum atomic E-state index is 0.102. The predicted molar refractivity (Wildman–Crippen MR) is 266 cm³/mol. The summed E-state index contributed by atoms with van der Waals surface area (Å²) in [5, 5.41) is 0. The molecule has 0 aliphatic heterocycles. The summed E-state index contributed by atoms with van der Waals surface area (Å²) in [5.41, 5.74) is 22.0. The molecular formula is C62H67N. The van der Waals surface area contributed by atoms with Gasteiger partial charge in [-0.05, 0) is 206 Å². The third-order valence-corrected chi connectivity index (χ3v) is 18.3. The van der Waals surface area contributed by atoms with Crippen molar-refractivity contribution in [2.45, 2.75) is 140 Å². The van der Waals surface area contributed by atoms with Gasteiger partial charge in [-0.1, -0.05) is 146 Å². The van der Waals surface area contributed by atoms with E-state index in [2.05, 4.69) is 188 Å². The van der Waals surface area contributed by atoms with E-state index in [9.17, 15) is 0 Å². The molecule has 0 saturated heterocycles. The van der Waals surface area contributed by atoms with Crippen molar-refractivity contribution in [3.8, 4) is 33.4 Å². The highest BCUT2D eigenvalue weighted by molar-refractivity contribution is 5.88. The maximum absolute atomic E-state index is 2.68. The summed E-state index contributed by atoms with van der Waals surface area (Å²) in [7, 11) is 0. The lowest BCUT2D eigenvalue weighted by molar-refractivity contribution is -0.0399. The zero-order valence-corrected chi connectivity index (χ0v) is 39.2. The van der Waals surface area contributed by atoms with Crippen molar-refractivity contribution in [1.82, 2.24) is 0 Å². The molecule has 0 aromatic heterocycles. The van der Waals surface area contributed by atoms with Crippen molar-refractivity contribution in [2.75, 3.05) is 4.90 Å². The molecule has 320 valence electrons. The lowest BCUT2D eigenvalue weighted by Crippen LogP contribution is -2.55. The van der Waals surface area contributed by atoms with E-state index in [0.29, 0.717) is 0 Å². The van der Waals surface area contributed by atoms with Gasteiger partial charge in [0.2, 0.25) is 0 Å². The molecule has 1 spiro atoms. The predicted octanol–water partition coefficient (Wildman–Crippen LogP) is 16.9. The standard InChI is InChI=1S/C62H67N/c1-58(2)27-29-60(5,6)56-48(20-13-23-53(56)58)41-15-11-17-45(36-41)63(46-18-12-16-42(37-46)49-21-14-24-54-57(49)61(7,8)30-28-59(54,3)4)47-25-26-51-50-19-9-10-22-52(50)62(55(51)38-47)43-32-39-31-40(34-43)35-44(62)33-39/h9-26,36-40,43-44H,27-35H2,1-8H3. The van der Waals surface area contributed by atoms with Crippen molar-refractivity contribution >= 4 is 17.1 Å². The fourth-order valence-electron chi connectivity index (χ4n) is 15.3. The van der Waals surface area contributed by atoms with Gasteiger partial charge < -0.3 is 4.90 Å². The first-order valence-electron chi connectivity index (χ1n) is 24.7. The third kappa shape index (κ3) is 5.79. The van der Waals surface area contributed by atoms with Gasteiger partial charge >= 0.3 is 0 Å². The first kappa shape index (κ1) is 39.7. The molecule has 0 N–H and O–H groups in total. The smallest absolute Gasteiger partial charge is 0.0467 e. The van der Waals surface area contributed by atoms with Crippen molar-refractivity contribution in [1.29, 1.82) is 0 Å². The van der Waals surface area contributed by atoms with Crippen LogP contribution in [0.25, 0.3) is 33.4 Å². The van der Waals surface area contributed by atoms with E-state index < -0.39 is 0 Å². The van der Waals surface area contributed by atoms with E-state index in [4.69, 9.17) is 0 Å². The molecule has 13 rings (SSSR count). The van der Waals surface area contributed by atoms with Gasteiger partial charge in [-0.2, -0.15) is 0 Å². The Labute approximate surface area is 378 Å². The minimum absolute atomic E-state index is 0.102. The maximum Gasteiger partial charge on any atom is 0.0467 e. The zero-order chi connectivity index (χ0) is 43.3. The van der Waals surface area contributed by atoms with Crippen LogP contribution in [0.5, 0.6) is 0 Å². The third-order valence-electron chi connectivity index (χ3n) is 18.3. The summed E-state index contributed by atoms with van der Waals surface area (Å²) < 4.78 is 0. The van der Waals surface area contributed by atoms with Crippen LogP contribution in [0.2, 0.25) is 0 Å². The van der Waals surface area contributed by atoms with Gasteiger partial charge in [0.25, 0.3) is 0 Å². The summed E-state index contributed by atoms with van der Waals surface area (Å²) in [6.45, 7) is 19.7. The van der Waals surface area contributed by atoms with E-state index in [-0.39, 0.29) is 27.1 Å². The molecule has 4 fully saturated rings. The Kier molecular flexibility index (Phi) is 8.55. The van der Waals surface area contributed by atoms with Gasteiger partial charge in [0.1, 0.15) is 0 Å². The number of fused-ring (bicyclic) bond motifs is 5. The van der Waals surface area contributed by atoms with Gasteiger partial charge in [0.05, 0.1) is 0 Å². The largest absolute Gasteiger partial charge is 0.310 e. The molecular weight excluding hydrogens is 759 g/mol. The molecule has 0 atom stereocenters. The number of hydrogen-bond acceptors (Lipinski definition) is 1. The summed E-state index contributed by atoms with van der Waals surface area (Å²) in [4.78, 5) is 2.62. The van der Waals surface area contributed by atoms with E-state index in [1.807, 2.05) is 0 Å². The van der Waals surface area contributed by atoms with Crippen LogP contribution >= 0.6 is 0 Å². The fraction of sp³-hybridized carbons (Fsp3) is 0.419. The molecule has 7 aliphatic carbocycles. The Bertz CT molecular complexity index is 2670. The second kappa shape index (κ2) is 13.6. The molecule has 4 bridgehead atoms. The zero-order valence-electron chi connectivity index (χ0n) is 39.2. The second-order valence-electron chi connectivity index (χ2n) is 23.9. The Morgan fingerprint density at radius 3 is 1.33 bits per heavy atom. The molecule has 0 radical (unpaired) electrons. The van der Waals surface area contributed by atoms with E-state index in [1.54, 1.807) is 11.1 Å². The lowest BCUT2D eigenvalue weighted by Gasteiger charge is -2.61. The molecule has 0 amide bonds. The number of anilines is 3. The Balaban J connectivity index is 1.07. The maximum atomic E-state index is 2.68. The van der Waals surface area contributed by atoms with Crippen LogP contribution in [0.3, 0.4) is 0 Å². The van der Waals surface area contributed by atoms with Gasteiger partial charge in [-0.25, -0.2) is 0 Å². The Morgan fingerprint density at radius 2 is 0.794 bits per heavy atom. The highest BCUT2D eigenvalue weighted by Crippen LogP contribution is 2.69. The first-order valence-corrected chi connectivity index (χ1v) is 24.7. The second-order valence-corrected chi connectivity index (χ2v) is 23.9. The van der Waals surface area contributed by atoms with Crippen molar-refractivity contribution in [3.63, 3.8) is 0 Å². The van der Waals surface area contributed by atoms with Crippen LogP contribution in [0.4, 0.5) is 17.1 Å². The topological polar surface area (TPSA) is 3.24 Å². The summed E-state index contributed by atoms with van der Waals surface area (Å²) >= 11 is 0. The molecule has 1 heteroatoms. The number of nitrogens with zero attached hydrogens (tertiary/aromatic N) is 1. The monoisotopic (exact) mass is 826 g/mol. The molecule has 0 heterocycles. The number of benzene rings is 6. The Hall–Kier alpha value is -4.88. The van der Waals surface area contributed by atoms with Gasteiger partial charge in [0, 0.05) is 22.5 Å². The van der Waals surface area contributed by atoms with Gasteiger partial charge in [-0.15, -0.1) is 0 Å². The van der Waals surface area contributed by atoms with E-state index >= 15 is 0 Å². The molecule has 6 aromatic rings. The van der Waals surface area contributed by atoms with Crippen molar-refractivity contribution in [2.24, 2.45) is 23.7 Å². The molecule has 1 nitrogen and oxygen atoms in total. The lowest BCUT2D eigenvalue weighted by atomic mass is 9.43. The number of rotatable bonds is 5. The molecule has 6 aromatic carbocycles. The fourth-order valence-corrected chi connectivity index (χ4v) is 15.3. The highest BCUT2D eigenvalue weighted by atomic mass is 15.1. The van der Waals surface area contributed by atoms with Gasteiger partial charge in [-0.3, -0.25) is 0 Å². The van der Waals surface area contributed by atoms with Crippen LogP contribution in [-0.2, 0) is 27.1 Å². The quantitative estimate of drug-likeness (QED) is 0.167. The molecule has 7 aliphatic rings. The molecule has 4 saturated carbocycles. The van der Waals surface area contributed by atoms with Crippen molar-refractivity contribution < 1.29 is 0 Å². The van der Waals surface area contributed by atoms with E-state index in [1.165, 1.54) is 130 Å². The average molecular weight is 826 g/mol. The van der Waals surface area contributed by atoms with Crippen molar-refractivity contribution in [3.05, 3.63) is 161 Å². The van der Waals surface area contributed by atoms with Crippen LogP contribution in [-0.4, -0.2) is 0 Å². The van der Waals surface area contributed by atoms with Crippen LogP contribution in [0, 0.1) is 23.7 Å². The molecule has 63 heavy (non-hydrogen) atoms. The summed E-state index contributed by atoms with van der Waals surface area (Å²) in [6, 6.07) is 50.6. The first-order chi connectivity index (χ1) is 30.2. The van der Waals surface area contributed by atoms with Crippen LogP contribution < -0.4 is 4.90 Å². The van der Waals surface area contributed by atoms with Crippen LogP contribution in [0.15, 0.2) is 127 Å². The summed E-state index contributed by atoms with van der Waals surface area (Å²) in [6.07, 6.45) is 11.9. The SMILES string of the molecule is CC1(C)CCC(C)(C)c2c(-c3cccc(N(c4cccc(-c5cccc6c5C(C)(C)CCC6(C)C)c4)c4ccc5c(c4)C4(c6ccccc6-5)C5CC6CC(C5)CC4C6)c3)cccc21. The summed E-state index contributed by atoms with van der Waals surface area (Å²) in [5.74, 6) is 3.27. The van der Waals surface area contributed by atoms with E-state index in [0.717, 1.165) is 23.7 Å². The average Bonchev–Trinajstić information content (AvgIpc) is 3.56. The van der Waals surface area contributed by atoms with Crippen LogP contribution in [0.1, 0.15) is 147 Å². The van der Waals surface area contributed by atoms with Gasteiger partial charge in [0.15, 0.2) is 0 Å². The minimum Gasteiger partial charge on any atom is -0.310 e. The normalized spacial score (nSPS) is 27.0. The Morgan fingerprint density at radius 1 is 0.365 bits per heavy atom. The highest BCUT2D eigenvalue weighted by Gasteiger charge is 2.61. The number of hydrogen-bond donors (Lipinski definition) is 0. The molecule has 0 unspecified atom stereocenters.